The van der Waals surface area contributed by atoms with Gasteiger partial charge in [0.25, 0.3) is 11.8 Å². The van der Waals surface area contributed by atoms with Crippen LogP contribution < -0.4 is 16.5 Å². The number of benzene rings is 1. The van der Waals surface area contributed by atoms with E-state index in [0.717, 1.165) is 5.57 Å². The number of hydrogen-bond donors (Lipinski definition) is 4. The van der Waals surface area contributed by atoms with Crippen LogP contribution in [0, 0.1) is 23.7 Å². The van der Waals surface area contributed by atoms with Crippen LogP contribution in [0.5, 0.6) is 0 Å². The van der Waals surface area contributed by atoms with Gasteiger partial charge in [-0.2, -0.15) is 0 Å². The second-order valence-corrected chi connectivity index (χ2v) is 6.52. The first kappa shape index (κ1) is 21.0. The largest absolute Gasteiger partial charge is 0.338 e. The molecule has 0 fully saturated rings. The van der Waals surface area contributed by atoms with E-state index in [9.17, 15) is 9.59 Å². The zero-order valence-corrected chi connectivity index (χ0v) is 15.3. The van der Waals surface area contributed by atoms with Crippen LogP contribution in [0.15, 0.2) is 35.9 Å². The summed E-state index contributed by atoms with van der Waals surface area (Å²) in [6.07, 6.45) is 1.78. The maximum atomic E-state index is 12.3. The summed E-state index contributed by atoms with van der Waals surface area (Å²) in [4.78, 5) is 24.0. The fourth-order valence-electron chi connectivity index (χ4n) is 1.89. The molecule has 0 saturated heterocycles. The SMILES string of the molecule is CC(C)=CC#CC#Cc1ccc(C(=O)N[C@H](C(=O)NO)C(C)(C)N)cc1. The molecule has 1 aromatic rings. The van der Waals surface area contributed by atoms with Gasteiger partial charge in [0, 0.05) is 16.7 Å². The van der Waals surface area contributed by atoms with Crippen molar-refractivity contribution in [2.75, 3.05) is 0 Å². The first-order valence-corrected chi connectivity index (χ1v) is 7.94. The molecule has 5 N–H and O–H groups in total. The highest BCUT2D eigenvalue weighted by atomic mass is 16.5. The Hall–Kier alpha value is -3.06. The van der Waals surface area contributed by atoms with Gasteiger partial charge in [-0.1, -0.05) is 17.4 Å². The average Bonchev–Trinajstić information content (AvgIpc) is 2.57. The molecule has 1 atom stereocenters. The van der Waals surface area contributed by atoms with Crippen LogP contribution in [0.4, 0.5) is 0 Å². The lowest BCUT2D eigenvalue weighted by atomic mass is 9.95. The number of carbonyl (C=O) groups is 2. The molecule has 26 heavy (non-hydrogen) atoms. The Morgan fingerprint density at radius 1 is 1.19 bits per heavy atom. The minimum atomic E-state index is -1.09. The molecule has 0 radical (unpaired) electrons. The molecule has 0 aliphatic rings. The van der Waals surface area contributed by atoms with Crippen molar-refractivity contribution >= 4 is 11.8 Å². The van der Waals surface area contributed by atoms with Crippen LogP contribution in [-0.4, -0.2) is 28.6 Å². The fraction of sp³-hybridized carbons (Fsp3) is 0.300. The Labute approximate surface area is 153 Å². The van der Waals surface area contributed by atoms with Crippen molar-refractivity contribution in [2.45, 2.75) is 39.3 Å². The predicted octanol–water partition coefficient (Wildman–Crippen LogP) is 1.35. The standard InChI is InChI=1S/C20H23N3O3/c1-14(2)8-6-5-7-9-15-10-12-16(13-11-15)18(24)22-17(19(25)23-26)20(3,4)21/h8,10-13,17,26H,21H2,1-4H3,(H,22,24)(H,23,25)/t17-/m1/s1. The Morgan fingerprint density at radius 2 is 1.81 bits per heavy atom. The molecule has 0 bridgehead atoms. The normalized spacial score (nSPS) is 11.0. The lowest BCUT2D eigenvalue weighted by molar-refractivity contribution is -0.132. The molecule has 6 nitrogen and oxygen atoms in total. The molecule has 136 valence electrons. The van der Waals surface area contributed by atoms with E-state index in [-0.39, 0.29) is 0 Å². The zero-order valence-electron chi connectivity index (χ0n) is 15.3. The van der Waals surface area contributed by atoms with Crippen LogP contribution in [0.3, 0.4) is 0 Å². The topological polar surface area (TPSA) is 104 Å². The van der Waals surface area contributed by atoms with E-state index in [1.165, 1.54) is 5.48 Å². The highest BCUT2D eigenvalue weighted by Crippen LogP contribution is 2.08. The van der Waals surface area contributed by atoms with Crippen LogP contribution >= 0.6 is 0 Å². The van der Waals surface area contributed by atoms with Gasteiger partial charge in [0.2, 0.25) is 0 Å². The van der Waals surface area contributed by atoms with Gasteiger partial charge in [0.05, 0.1) is 0 Å². The van der Waals surface area contributed by atoms with Crippen molar-refractivity contribution in [2.24, 2.45) is 5.73 Å². The first-order chi connectivity index (χ1) is 12.1. The molecule has 0 aliphatic carbocycles. The third-order valence-electron chi connectivity index (χ3n) is 3.24. The number of hydrogen-bond acceptors (Lipinski definition) is 4. The van der Waals surface area contributed by atoms with Gasteiger partial charge in [0.15, 0.2) is 0 Å². The first-order valence-electron chi connectivity index (χ1n) is 7.94. The summed E-state index contributed by atoms with van der Waals surface area (Å²) in [5.41, 5.74) is 8.48. The number of carbonyl (C=O) groups excluding carboxylic acids is 2. The molecule has 1 rings (SSSR count). The van der Waals surface area contributed by atoms with E-state index in [1.807, 2.05) is 13.8 Å². The van der Waals surface area contributed by atoms with Gasteiger partial charge < -0.3 is 11.1 Å². The molecule has 0 aromatic heterocycles. The average molecular weight is 353 g/mol. The van der Waals surface area contributed by atoms with Crippen molar-refractivity contribution < 1.29 is 14.8 Å². The third-order valence-corrected chi connectivity index (χ3v) is 3.24. The van der Waals surface area contributed by atoms with E-state index in [4.69, 9.17) is 10.9 Å². The molecule has 0 spiro atoms. The van der Waals surface area contributed by atoms with Gasteiger partial charge in [-0.3, -0.25) is 14.8 Å². The summed E-state index contributed by atoms with van der Waals surface area (Å²) in [6, 6.07) is 5.43. The monoisotopic (exact) mass is 353 g/mol. The Bertz CT molecular complexity index is 806. The van der Waals surface area contributed by atoms with Crippen molar-refractivity contribution in [3.8, 4) is 23.7 Å². The quantitative estimate of drug-likeness (QED) is 0.372. The number of nitrogens with one attached hydrogen (secondary N) is 2. The van der Waals surface area contributed by atoms with Crippen molar-refractivity contribution in [1.29, 1.82) is 0 Å². The highest BCUT2D eigenvalue weighted by Gasteiger charge is 2.33. The maximum absolute atomic E-state index is 12.3. The van der Waals surface area contributed by atoms with E-state index < -0.39 is 23.4 Å². The third kappa shape index (κ3) is 6.82. The molecule has 0 unspecified atom stereocenters. The summed E-state index contributed by atoms with van der Waals surface area (Å²) >= 11 is 0. The second kappa shape index (κ2) is 9.43. The van der Waals surface area contributed by atoms with Crippen molar-refractivity contribution in [1.82, 2.24) is 10.8 Å². The van der Waals surface area contributed by atoms with Crippen molar-refractivity contribution in [3.05, 3.63) is 47.0 Å². The number of amides is 2. The lowest BCUT2D eigenvalue weighted by Crippen LogP contribution is -2.61. The van der Waals surface area contributed by atoms with Crippen LogP contribution in [0.25, 0.3) is 0 Å². The minimum Gasteiger partial charge on any atom is -0.338 e. The van der Waals surface area contributed by atoms with Gasteiger partial charge in [0.1, 0.15) is 6.04 Å². The minimum absolute atomic E-state index is 0.339. The summed E-state index contributed by atoms with van der Waals surface area (Å²) in [7, 11) is 0. The van der Waals surface area contributed by atoms with Gasteiger partial charge in [-0.25, -0.2) is 5.48 Å². The van der Waals surface area contributed by atoms with E-state index in [0.29, 0.717) is 11.1 Å². The van der Waals surface area contributed by atoms with Crippen LogP contribution in [-0.2, 0) is 4.79 Å². The van der Waals surface area contributed by atoms with Crippen LogP contribution in [0.2, 0.25) is 0 Å². The molecular weight excluding hydrogens is 330 g/mol. The number of nitrogens with two attached hydrogens (primary N) is 1. The lowest BCUT2D eigenvalue weighted by Gasteiger charge is -2.29. The predicted molar refractivity (Wildman–Crippen MR) is 100.0 cm³/mol. The molecule has 0 saturated carbocycles. The smallest absolute Gasteiger partial charge is 0.267 e. The zero-order chi connectivity index (χ0) is 19.7. The summed E-state index contributed by atoms with van der Waals surface area (Å²) in [5.74, 6) is 9.86. The Balaban J connectivity index is 2.86. The second-order valence-electron chi connectivity index (χ2n) is 6.52. The van der Waals surface area contributed by atoms with E-state index >= 15 is 0 Å². The molecule has 6 heteroatoms. The maximum Gasteiger partial charge on any atom is 0.267 e. The number of hydroxylamine groups is 1. The summed E-state index contributed by atoms with van der Waals surface area (Å²) in [6.45, 7) is 7.04. The molecule has 1 aromatic carbocycles. The summed E-state index contributed by atoms with van der Waals surface area (Å²) in [5, 5.41) is 11.3. The molecule has 0 aliphatic heterocycles. The summed E-state index contributed by atoms with van der Waals surface area (Å²) < 4.78 is 0. The van der Waals surface area contributed by atoms with E-state index in [1.54, 1.807) is 44.2 Å². The highest BCUT2D eigenvalue weighted by molar-refractivity contribution is 5.97. The number of allylic oxidation sites excluding steroid dienone is 2. The Morgan fingerprint density at radius 3 is 2.31 bits per heavy atom. The van der Waals surface area contributed by atoms with Crippen LogP contribution in [0.1, 0.15) is 43.6 Å². The van der Waals surface area contributed by atoms with Gasteiger partial charge >= 0.3 is 0 Å². The molecular formula is C20H23N3O3. The molecule has 0 heterocycles. The Kier molecular flexibility index (Phi) is 7.61. The van der Waals surface area contributed by atoms with Gasteiger partial charge in [-0.15, -0.1) is 0 Å². The number of rotatable bonds is 4. The van der Waals surface area contributed by atoms with E-state index in [2.05, 4.69) is 29.0 Å². The van der Waals surface area contributed by atoms with Gasteiger partial charge in [-0.05, 0) is 69.9 Å². The fourth-order valence-corrected chi connectivity index (χ4v) is 1.89. The van der Waals surface area contributed by atoms with Crippen molar-refractivity contribution in [3.63, 3.8) is 0 Å². The molecule has 2 amide bonds.